The maximum Gasteiger partial charge on any atom is 0.248 e. The molecule has 15 heavy (non-hydrogen) atoms. The van der Waals surface area contributed by atoms with Gasteiger partial charge in [0.2, 0.25) is 5.91 Å². The van der Waals surface area contributed by atoms with Gasteiger partial charge in [0.25, 0.3) is 0 Å². The molecule has 1 aliphatic carbocycles. The summed E-state index contributed by atoms with van der Waals surface area (Å²) in [5, 5.41) is 0. The second-order valence-electron chi connectivity index (χ2n) is 5.24. The monoisotopic (exact) mass is 214 g/mol. The summed E-state index contributed by atoms with van der Waals surface area (Å²) in [5.41, 5.74) is 8.05. The molecule has 4 nitrogen and oxygen atoms in total. The lowest BCUT2D eigenvalue weighted by Crippen LogP contribution is -2.45. The van der Waals surface area contributed by atoms with Crippen molar-refractivity contribution in [1.82, 2.24) is 5.48 Å². The molecule has 0 heterocycles. The van der Waals surface area contributed by atoms with Gasteiger partial charge in [0, 0.05) is 6.04 Å². The molecular weight excluding hydrogens is 192 g/mol. The van der Waals surface area contributed by atoms with Crippen molar-refractivity contribution in [3.05, 3.63) is 0 Å². The van der Waals surface area contributed by atoms with Crippen molar-refractivity contribution in [3.63, 3.8) is 0 Å². The standard InChI is InChI=1S/C11H22N2O2/c1-11(2,3)15-13-10(14)8-6-4-5-7-9(8)12/h8-9H,4-7,12H2,1-3H3,(H,13,14). The van der Waals surface area contributed by atoms with E-state index in [1.165, 1.54) is 0 Å². The Labute approximate surface area is 91.5 Å². The summed E-state index contributed by atoms with van der Waals surface area (Å²) in [4.78, 5) is 17.0. The van der Waals surface area contributed by atoms with Gasteiger partial charge >= 0.3 is 0 Å². The van der Waals surface area contributed by atoms with Crippen molar-refractivity contribution in [2.45, 2.75) is 58.1 Å². The van der Waals surface area contributed by atoms with Crippen molar-refractivity contribution in [2.75, 3.05) is 0 Å². The molecule has 2 unspecified atom stereocenters. The second kappa shape index (κ2) is 4.94. The van der Waals surface area contributed by atoms with E-state index >= 15 is 0 Å². The minimum Gasteiger partial charge on any atom is -0.327 e. The third-order valence-corrected chi connectivity index (χ3v) is 2.61. The lowest BCUT2D eigenvalue weighted by Gasteiger charge is -2.28. The van der Waals surface area contributed by atoms with Crippen molar-refractivity contribution < 1.29 is 9.63 Å². The van der Waals surface area contributed by atoms with Crippen LogP contribution in [0.1, 0.15) is 46.5 Å². The Morgan fingerprint density at radius 2 is 1.93 bits per heavy atom. The van der Waals surface area contributed by atoms with Crippen LogP contribution in [0.3, 0.4) is 0 Å². The molecule has 1 amide bonds. The van der Waals surface area contributed by atoms with Crippen LogP contribution < -0.4 is 11.2 Å². The van der Waals surface area contributed by atoms with E-state index in [2.05, 4.69) is 5.48 Å². The van der Waals surface area contributed by atoms with E-state index in [-0.39, 0.29) is 23.5 Å². The molecule has 0 spiro atoms. The highest BCUT2D eigenvalue weighted by molar-refractivity contribution is 5.78. The number of nitrogens with two attached hydrogens (primary N) is 1. The molecule has 1 saturated carbocycles. The van der Waals surface area contributed by atoms with Gasteiger partial charge in [-0.2, -0.15) is 0 Å². The number of hydroxylamine groups is 1. The van der Waals surface area contributed by atoms with E-state index in [4.69, 9.17) is 10.6 Å². The van der Waals surface area contributed by atoms with E-state index in [9.17, 15) is 4.79 Å². The maximum atomic E-state index is 11.7. The highest BCUT2D eigenvalue weighted by Crippen LogP contribution is 2.23. The van der Waals surface area contributed by atoms with Crippen LogP contribution in [-0.2, 0) is 9.63 Å². The third kappa shape index (κ3) is 4.18. The smallest absolute Gasteiger partial charge is 0.248 e. The topological polar surface area (TPSA) is 64.3 Å². The predicted octanol–water partition coefficient (Wildman–Crippen LogP) is 1.35. The van der Waals surface area contributed by atoms with E-state index in [0.29, 0.717) is 0 Å². The summed E-state index contributed by atoms with van der Waals surface area (Å²) in [7, 11) is 0. The van der Waals surface area contributed by atoms with E-state index in [1.54, 1.807) is 0 Å². The molecule has 0 radical (unpaired) electrons. The molecular formula is C11H22N2O2. The molecule has 2 atom stereocenters. The Kier molecular flexibility index (Phi) is 4.11. The van der Waals surface area contributed by atoms with Crippen molar-refractivity contribution in [3.8, 4) is 0 Å². The van der Waals surface area contributed by atoms with Gasteiger partial charge in [-0.3, -0.25) is 9.63 Å². The molecule has 0 aliphatic heterocycles. The summed E-state index contributed by atoms with van der Waals surface area (Å²) in [5.74, 6) is -0.154. The summed E-state index contributed by atoms with van der Waals surface area (Å²) >= 11 is 0. The van der Waals surface area contributed by atoms with Gasteiger partial charge in [0.05, 0.1) is 11.5 Å². The van der Waals surface area contributed by atoms with Gasteiger partial charge in [0.1, 0.15) is 0 Å². The molecule has 4 heteroatoms. The average molecular weight is 214 g/mol. The summed E-state index contributed by atoms with van der Waals surface area (Å²) in [6.07, 6.45) is 4.03. The van der Waals surface area contributed by atoms with Crippen LogP contribution in [0.15, 0.2) is 0 Å². The maximum absolute atomic E-state index is 11.7. The molecule has 0 aromatic carbocycles. The van der Waals surface area contributed by atoms with E-state index in [1.807, 2.05) is 20.8 Å². The Hall–Kier alpha value is -0.610. The first-order chi connectivity index (χ1) is 6.90. The first kappa shape index (κ1) is 12.5. The summed E-state index contributed by atoms with van der Waals surface area (Å²) in [6, 6.07) is -0.0117. The Balaban J connectivity index is 2.39. The van der Waals surface area contributed by atoms with Crippen LogP contribution in [0.2, 0.25) is 0 Å². The fraction of sp³-hybridized carbons (Fsp3) is 0.909. The first-order valence-corrected chi connectivity index (χ1v) is 5.63. The van der Waals surface area contributed by atoms with Crippen LogP contribution in [0.5, 0.6) is 0 Å². The summed E-state index contributed by atoms with van der Waals surface area (Å²) in [6.45, 7) is 5.69. The van der Waals surface area contributed by atoms with Crippen molar-refractivity contribution in [2.24, 2.45) is 11.7 Å². The number of hydrogen-bond donors (Lipinski definition) is 2. The molecule has 0 saturated heterocycles. The average Bonchev–Trinajstić information content (AvgIpc) is 2.14. The largest absolute Gasteiger partial charge is 0.327 e. The first-order valence-electron chi connectivity index (χ1n) is 5.63. The van der Waals surface area contributed by atoms with Gasteiger partial charge in [-0.25, -0.2) is 5.48 Å². The number of amides is 1. The number of carbonyl (C=O) groups is 1. The number of hydrogen-bond acceptors (Lipinski definition) is 3. The molecule has 1 rings (SSSR count). The zero-order valence-electron chi connectivity index (χ0n) is 9.88. The molecule has 3 N–H and O–H groups in total. The SMILES string of the molecule is CC(C)(C)ONC(=O)C1CCCCC1N. The van der Waals surface area contributed by atoms with Gasteiger partial charge in [-0.15, -0.1) is 0 Å². The third-order valence-electron chi connectivity index (χ3n) is 2.61. The van der Waals surface area contributed by atoms with Crippen molar-refractivity contribution in [1.29, 1.82) is 0 Å². The molecule has 0 bridgehead atoms. The molecule has 0 aromatic heterocycles. The molecule has 0 aromatic rings. The fourth-order valence-corrected chi connectivity index (χ4v) is 1.76. The fourth-order valence-electron chi connectivity index (χ4n) is 1.76. The van der Waals surface area contributed by atoms with E-state index < -0.39 is 0 Å². The zero-order chi connectivity index (χ0) is 11.5. The Bertz CT molecular complexity index is 223. The zero-order valence-corrected chi connectivity index (χ0v) is 9.88. The summed E-state index contributed by atoms with van der Waals surface area (Å²) < 4.78 is 0. The minimum absolute atomic E-state index is 0.0117. The van der Waals surface area contributed by atoms with Gasteiger partial charge in [-0.05, 0) is 33.6 Å². The van der Waals surface area contributed by atoms with E-state index in [0.717, 1.165) is 25.7 Å². The number of rotatable bonds is 2. The lowest BCUT2D eigenvalue weighted by molar-refractivity contribution is -0.151. The highest BCUT2D eigenvalue weighted by atomic mass is 16.7. The lowest BCUT2D eigenvalue weighted by atomic mass is 9.85. The van der Waals surface area contributed by atoms with Crippen LogP contribution in [0, 0.1) is 5.92 Å². The minimum atomic E-state index is -0.353. The second-order valence-corrected chi connectivity index (χ2v) is 5.24. The Morgan fingerprint density at radius 1 is 1.33 bits per heavy atom. The molecule has 1 fully saturated rings. The van der Waals surface area contributed by atoms with Crippen LogP contribution in [-0.4, -0.2) is 17.6 Å². The van der Waals surface area contributed by atoms with Crippen LogP contribution in [0.25, 0.3) is 0 Å². The normalized spacial score (nSPS) is 27.5. The number of carbonyl (C=O) groups excluding carboxylic acids is 1. The Morgan fingerprint density at radius 3 is 2.47 bits per heavy atom. The molecule has 88 valence electrons. The quantitative estimate of drug-likeness (QED) is 0.682. The van der Waals surface area contributed by atoms with Crippen molar-refractivity contribution >= 4 is 5.91 Å². The van der Waals surface area contributed by atoms with Gasteiger partial charge in [-0.1, -0.05) is 12.8 Å². The number of nitrogens with one attached hydrogen (secondary N) is 1. The van der Waals surface area contributed by atoms with Crippen LogP contribution in [0.4, 0.5) is 0 Å². The van der Waals surface area contributed by atoms with Gasteiger partial charge in [0.15, 0.2) is 0 Å². The van der Waals surface area contributed by atoms with Crippen LogP contribution >= 0.6 is 0 Å². The predicted molar refractivity (Wildman–Crippen MR) is 58.9 cm³/mol. The highest BCUT2D eigenvalue weighted by Gasteiger charge is 2.29. The molecule has 1 aliphatic rings. The van der Waals surface area contributed by atoms with Gasteiger partial charge < -0.3 is 5.73 Å².